The van der Waals surface area contributed by atoms with Crippen LogP contribution in [-0.4, -0.2) is 27.2 Å². The van der Waals surface area contributed by atoms with E-state index in [2.05, 4.69) is 5.32 Å². The van der Waals surface area contributed by atoms with Gasteiger partial charge in [-0.1, -0.05) is 31.2 Å². The molecule has 138 valence electrons. The molecule has 2 rings (SSSR count). The van der Waals surface area contributed by atoms with Gasteiger partial charge in [0.05, 0.1) is 27.4 Å². The van der Waals surface area contributed by atoms with Gasteiger partial charge >= 0.3 is 0 Å². The SMILES string of the molecule is CCC(NC(=O)/C=C/c1ccccc1OC)c1ccc(OC)c(OC)c1. The maximum absolute atomic E-state index is 12.3. The van der Waals surface area contributed by atoms with E-state index in [1.165, 1.54) is 6.08 Å². The predicted molar refractivity (Wildman–Crippen MR) is 103 cm³/mol. The molecule has 1 atom stereocenters. The Balaban J connectivity index is 2.12. The average molecular weight is 355 g/mol. The third-order valence-corrected chi connectivity index (χ3v) is 4.09. The number of para-hydroxylation sites is 1. The van der Waals surface area contributed by atoms with Crippen molar-refractivity contribution in [3.8, 4) is 17.2 Å². The Bertz CT molecular complexity index is 770. The molecule has 2 aromatic carbocycles. The molecule has 0 aliphatic carbocycles. The Kier molecular flexibility index (Phi) is 7.09. The van der Waals surface area contributed by atoms with Gasteiger partial charge in [-0.2, -0.15) is 0 Å². The van der Waals surface area contributed by atoms with Gasteiger partial charge in [-0.3, -0.25) is 4.79 Å². The van der Waals surface area contributed by atoms with Gasteiger partial charge in [-0.25, -0.2) is 0 Å². The molecule has 5 nitrogen and oxygen atoms in total. The number of methoxy groups -OCH3 is 3. The van der Waals surface area contributed by atoms with Gasteiger partial charge in [0, 0.05) is 11.6 Å². The second-order valence-electron chi connectivity index (χ2n) is 5.66. The van der Waals surface area contributed by atoms with E-state index in [0.717, 1.165) is 23.3 Å². The lowest BCUT2D eigenvalue weighted by atomic mass is 10.0. The monoisotopic (exact) mass is 355 g/mol. The quantitative estimate of drug-likeness (QED) is 0.728. The van der Waals surface area contributed by atoms with Crippen molar-refractivity contribution in [2.24, 2.45) is 0 Å². The molecule has 0 aliphatic heterocycles. The molecular formula is C21H25NO4. The van der Waals surface area contributed by atoms with Crippen LogP contribution in [0.5, 0.6) is 17.2 Å². The van der Waals surface area contributed by atoms with E-state index in [1.807, 2.05) is 49.4 Å². The number of hydrogen-bond acceptors (Lipinski definition) is 4. The molecule has 1 amide bonds. The van der Waals surface area contributed by atoms with Crippen molar-refractivity contribution in [2.75, 3.05) is 21.3 Å². The zero-order valence-electron chi connectivity index (χ0n) is 15.6. The van der Waals surface area contributed by atoms with Crippen LogP contribution in [0.1, 0.15) is 30.5 Å². The maximum atomic E-state index is 12.3. The van der Waals surface area contributed by atoms with Crippen LogP contribution in [0.3, 0.4) is 0 Å². The lowest BCUT2D eigenvalue weighted by Gasteiger charge is -2.18. The molecule has 0 saturated carbocycles. The molecule has 0 fully saturated rings. The van der Waals surface area contributed by atoms with Gasteiger partial charge in [0.25, 0.3) is 0 Å². The summed E-state index contributed by atoms with van der Waals surface area (Å²) in [6.07, 6.45) is 4.01. The summed E-state index contributed by atoms with van der Waals surface area (Å²) in [5.74, 6) is 1.86. The van der Waals surface area contributed by atoms with Gasteiger partial charge in [0.2, 0.25) is 5.91 Å². The van der Waals surface area contributed by atoms with E-state index >= 15 is 0 Å². The van der Waals surface area contributed by atoms with Crippen molar-refractivity contribution in [2.45, 2.75) is 19.4 Å². The molecule has 0 saturated heterocycles. The predicted octanol–water partition coefficient (Wildman–Crippen LogP) is 3.99. The number of nitrogens with one attached hydrogen (secondary N) is 1. The zero-order valence-corrected chi connectivity index (χ0v) is 15.6. The fourth-order valence-corrected chi connectivity index (χ4v) is 2.68. The van der Waals surface area contributed by atoms with Crippen LogP contribution < -0.4 is 19.5 Å². The van der Waals surface area contributed by atoms with Gasteiger partial charge in [-0.15, -0.1) is 0 Å². The first kappa shape index (κ1) is 19.4. The Morgan fingerprint density at radius 3 is 2.35 bits per heavy atom. The van der Waals surface area contributed by atoms with Gasteiger partial charge in [-0.05, 0) is 36.3 Å². The minimum Gasteiger partial charge on any atom is -0.496 e. The third-order valence-electron chi connectivity index (χ3n) is 4.09. The number of carbonyl (C=O) groups excluding carboxylic acids is 1. The number of hydrogen-bond donors (Lipinski definition) is 1. The standard InChI is InChI=1S/C21H25NO4/c1-5-17(16-10-12-19(25-3)20(14-16)26-4)22-21(23)13-11-15-8-6-7-9-18(15)24-2/h6-14,17H,5H2,1-4H3,(H,22,23)/b13-11+. The topological polar surface area (TPSA) is 56.8 Å². The molecule has 0 aromatic heterocycles. The average Bonchev–Trinajstić information content (AvgIpc) is 2.70. The van der Waals surface area contributed by atoms with E-state index in [9.17, 15) is 4.79 Å². The van der Waals surface area contributed by atoms with Crippen LogP contribution in [0.15, 0.2) is 48.5 Å². The molecular weight excluding hydrogens is 330 g/mol. The molecule has 0 radical (unpaired) electrons. The number of rotatable bonds is 8. The van der Waals surface area contributed by atoms with Gasteiger partial charge in [0.1, 0.15) is 5.75 Å². The largest absolute Gasteiger partial charge is 0.496 e. The van der Waals surface area contributed by atoms with E-state index in [4.69, 9.17) is 14.2 Å². The van der Waals surface area contributed by atoms with E-state index in [0.29, 0.717) is 11.5 Å². The van der Waals surface area contributed by atoms with E-state index < -0.39 is 0 Å². The van der Waals surface area contributed by atoms with Crippen molar-refractivity contribution in [3.63, 3.8) is 0 Å². The van der Waals surface area contributed by atoms with Crippen molar-refractivity contribution < 1.29 is 19.0 Å². The summed E-state index contributed by atoms with van der Waals surface area (Å²) in [5, 5.41) is 3.02. The lowest BCUT2D eigenvalue weighted by molar-refractivity contribution is -0.117. The summed E-state index contributed by atoms with van der Waals surface area (Å²) < 4.78 is 15.9. The highest BCUT2D eigenvalue weighted by Gasteiger charge is 2.14. The summed E-state index contributed by atoms with van der Waals surface area (Å²) in [5.41, 5.74) is 1.81. The number of ether oxygens (including phenoxy) is 3. The molecule has 26 heavy (non-hydrogen) atoms. The minimum absolute atomic E-state index is 0.121. The first-order chi connectivity index (χ1) is 12.6. The molecule has 1 N–H and O–H groups in total. The summed E-state index contributed by atoms with van der Waals surface area (Å²) in [6, 6.07) is 13.1. The Morgan fingerprint density at radius 1 is 1.00 bits per heavy atom. The first-order valence-electron chi connectivity index (χ1n) is 8.46. The number of benzene rings is 2. The van der Waals surface area contributed by atoms with Crippen LogP contribution in [0.25, 0.3) is 6.08 Å². The van der Waals surface area contributed by atoms with Crippen molar-refractivity contribution in [3.05, 3.63) is 59.7 Å². The lowest BCUT2D eigenvalue weighted by Crippen LogP contribution is -2.26. The number of amides is 1. The Morgan fingerprint density at radius 2 is 1.69 bits per heavy atom. The smallest absolute Gasteiger partial charge is 0.244 e. The van der Waals surface area contributed by atoms with E-state index in [-0.39, 0.29) is 11.9 Å². The van der Waals surface area contributed by atoms with Crippen LogP contribution >= 0.6 is 0 Å². The van der Waals surface area contributed by atoms with Gasteiger partial charge in [0.15, 0.2) is 11.5 Å². The molecule has 0 bridgehead atoms. The van der Waals surface area contributed by atoms with Crippen LogP contribution in [-0.2, 0) is 4.79 Å². The van der Waals surface area contributed by atoms with Crippen molar-refractivity contribution in [1.29, 1.82) is 0 Å². The highest BCUT2D eigenvalue weighted by molar-refractivity contribution is 5.92. The fraction of sp³-hybridized carbons (Fsp3) is 0.286. The second-order valence-corrected chi connectivity index (χ2v) is 5.66. The van der Waals surface area contributed by atoms with E-state index in [1.54, 1.807) is 27.4 Å². The molecule has 0 aliphatic rings. The third kappa shape index (κ3) is 4.79. The molecule has 2 aromatic rings. The molecule has 0 spiro atoms. The Hall–Kier alpha value is -2.95. The zero-order chi connectivity index (χ0) is 18.9. The van der Waals surface area contributed by atoms with Crippen LogP contribution in [0.2, 0.25) is 0 Å². The van der Waals surface area contributed by atoms with Crippen molar-refractivity contribution >= 4 is 12.0 Å². The van der Waals surface area contributed by atoms with Crippen LogP contribution in [0.4, 0.5) is 0 Å². The summed E-state index contributed by atoms with van der Waals surface area (Å²) in [6.45, 7) is 2.02. The highest BCUT2D eigenvalue weighted by Crippen LogP contribution is 2.30. The van der Waals surface area contributed by atoms with Crippen LogP contribution in [0, 0.1) is 0 Å². The van der Waals surface area contributed by atoms with Crippen molar-refractivity contribution in [1.82, 2.24) is 5.32 Å². The fourth-order valence-electron chi connectivity index (χ4n) is 2.68. The number of carbonyl (C=O) groups is 1. The Labute approximate surface area is 154 Å². The first-order valence-corrected chi connectivity index (χ1v) is 8.46. The summed E-state index contributed by atoms with van der Waals surface area (Å²) >= 11 is 0. The molecule has 1 unspecified atom stereocenters. The van der Waals surface area contributed by atoms with Gasteiger partial charge < -0.3 is 19.5 Å². The minimum atomic E-state index is -0.169. The second kappa shape index (κ2) is 9.51. The highest BCUT2D eigenvalue weighted by atomic mass is 16.5. The summed E-state index contributed by atoms with van der Waals surface area (Å²) in [7, 11) is 4.80. The maximum Gasteiger partial charge on any atom is 0.244 e. The summed E-state index contributed by atoms with van der Waals surface area (Å²) in [4.78, 5) is 12.3. The normalized spacial score (nSPS) is 11.8. The molecule has 5 heteroatoms. The molecule has 0 heterocycles.